The first-order chi connectivity index (χ1) is 11.0. The molecule has 2 fully saturated rings. The van der Waals surface area contributed by atoms with Gasteiger partial charge >= 0.3 is 0 Å². The number of nitrogens with one attached hydrogen (secondary N) is 3. The van der Waals surface area contributed by atoms with Crippen molar-refractivity contribution in [3.63, 3.8) is 0 Å². The van der Waals surface area contributed by atoms with Crippen LogP contribution in [-0.2, 0) is 4.79 Å². The van der Waals surface area contributed by atoms with E-state index < -0.39 is 5.54 Å². The van der Waals surface area contributed by atoms with E-state index in [0.29, 0.717) is 12.0 Å². The van der Waals surface area contributed by atoms with Crippen molar-refractivity contribution in [2.24, 2.45) is 5.92 Å². The van der Waals surface area contributed by atoms with Gasteiger partial charge in [-0.3, -0.25) is 15.1 Å². The van der Waals surface area contributed by atoms with Gasteiger partial charge in [-0.25, -0.2) is 4.98 Å². The summed E-state index contributed by atoms with van der Waals surface area (Å²) in [6, 6.07) is 6.29. The van der Waals surface area contributed by atoms with E-state index in [1.807, 2.05) is 25.1 Å². The zero-order valence-corrected chi connectivity index (χ0v) is 13.8. The molecule has 1 aliphatic heterocycles. The van der Waals surface area contributed by atoms with E-state index >= 15 is 0 Å². The van der Waals surface area contributed by atoms with E-state index in [4.69, 9.17) is 5.41 Å². The van der Waals surface area contributed by atoms with Crippen LogP contribution < -0.4 is 10.6 Å². The topological polar surface area (TPSA) is 81.1 Å². The standard InChI is InChI=1S/C17H25N5O/c1-17(15(23)22(2)16(18)21-17)11-12-6-5-7-13(10-12)20-14-8-3-4-9-19-14/h3-4,8-9,12-13H,5-7,10-11H2,1-2H3,(H2,18,21)(H,19,20)/t12-,13+,17+/m0/s1. The fourth-order valence-corrected chi connectivity index (χ4v) is 3.85. The third kappa shape index (κ3) is 3.30. The molecule has 23 heavy (non-hydrogen) atoms. The summed E-state index contributed by atoms with van der Waals surface area (Å²) in [5, 5.41) is 14.4. The highest BCUT2D eigenvalue weighted by Gasteiger charge is 2.45. The Hall–Kier alpha value is -2.11. The van der Waals surface area contributed by atoms with Gasteiger partial charge in [0.05, 0.1) is 0 Å². The molecule has 0 spiro atoms. The number of pyridine rings is 1. The number of amides is 1. The first-order valence-corrected chi connectivity index (χ1v) is 8.30. The minimum atomic E-state index is -0.636. The molecule has 0 radical (unpaired) electrons. The van der Waals surface area contributed by atoms with Gasteiger partial charge in [0.1, 0.15) is 11.4 Å². The predicted molar refractivity (Wildman–Crippen MR) is 90.3 cm³/mol. The highest BCUT2D eigenvalue weighted by molar-refractivity contribution is 6.07. The van der Waals surface area contributed by atoms with E-state index in [2.05, 4.69) is 15.6 Å². The van der Waals surface area contributed by atoms with Crippen molar-refractivity contribution in [1.82, 2.24) is 15.2 Å². The Labute approximate surface area is 137 Å². The molecule has 2 heterocycles. The van der Waals surface area contributed by atoms with Crippen molar-refractivity contribution >= 4 is 17.7 Å². The third-order valence-corrected chi connectivity index (χ3v) is 5.00. The Bertz CT molecular complexity index is 590. The molecular weight excluding hydrogens is 290 g/mol. The number of nitrogens with zero attached hydrogens (tertiary/aromatic N) is 2. The normalized spacial score (nSPS) is 31.1. The number of carbonyl (C=O) groups is 1. The molecule has 6 heteroatoms. The molecule has 124 valence electrons. The molecule has 3 atom stereocenters. The molecule has 3 rings (SSSR count). The highest BCUT2D eigenvalue weighted by atomic mass is 16.2. The molecule has 1 saturated carbocycles. The van der Waals surface area contributed by atoms with Gasteiger partial charge in [-0.05, 0) is 44.2 Å². The fourth-order valence-electron chi connectivity index (χ4n) is 3.85. The monoisotopic (exact) mass is 315 g/mol. The van der Waals surface area contributed by atoms with Crippen molar-refractivity contribution in [1.29, 1.82) is 5.41 Å². The van der Waals surface area contributed by atoms with Crippen LogP contribution in [0.3, 0.4) is 0 Å². The summed E-state index contributed by atoms with van der Waals surface area (Å²) < 4.78 is 0. The quantitative estimate of drug-likeness (QED) is 0.795. The van der Waals surface area contributed by atoms with Gasteiger partial charge in [0.25, 0.3) is 5.91 Å². The van der Waals surface area contributed by atoms with Crippen LogP contribution in [0.15, 0.2) is 24.4 Å². The number of rotatable bonds is 4. The molecule has 1 aromatic rings. The number of hydrogen-bond acceptors (Lipinski definition) is 4. The molecule has 1 aliphatic carbocycles. The average Bonchev–Trinajstić information content (AvgIpc) is 2.72. The van der Waals surface area contributed by atoms with Crippen LogP contribution in [0.2, 0.25) is 0 Å². The van der Waals surface area contributed by atoms with E-state index in [0.717, 1.165) is 37.9 Å². The first kappa shape index (κ1) is 15.8. The van der Waals surface area contributed by atoms with Crippen molar-refractivity contribution in [2.75, 3.05) is 12.4 Å². The van der Waals surface area contributed by atoms with Crippen LogP contribution in [0.1, 0.15) is 39.0 Å². The van der Waals surface area contributed by atoms with Crippen molar-refractivity contribution in [3.05, 3.63) is 24.4 Å². The summed E-state index contributed by atoms with van der Waals surface area (Å²) >= 11 is 0. The lowest BCUT2D eigenvalue weighted by atomic mass is 9.78. The van der Waals surface area contributed by atoms with Crippen LogP contribution in [0, 0.1) is 11.3 Å². The van der Waals surface area contributed by atoms with Gasteiger partial charge in [0.15, 0.2) is 5.96 Å². The molecule has 1 aromatic heterocycles. The zero-order valence-electron chi connectivity index (χ0n) is 13.8. The van der Waals surface area contributed by atoms with Gasteiger partial charge in [-0.15, -0.1) is 0 Å². The molecule has 3 N–H and O–H groups in total. The number of likely N-dealkylation sites (N-methyl/N-ethyl adjacent to an activating group) is 1. The summed E-state index contributed by atoms with van der Waals surface area (Å²) in [4.78, 5) is 18.1. The summed E-state index contributed by atoms with van der Waals surface area (Å²) in [5.41, 5.74) is -0.636. The lowest BCUT2D eigenvalue weighted by Crippen LogP contribution is -2.46. The Morgan fingerprint density at radius 2 is 2.30 bits per heavy atom. The predicted octanol–water partition coefficient (Wildman–Crippen LogP) is 2.20. The molecule has 6 nitrogen and oxygen atoms in total. The molecule has 2 aliphatic rings. The molecule has 1 saturated heterocycles. The Balaban J connectivity index is 1.61. The van der Waals surface area contributed by atoms with Gasteiger partial charge in [-0.1, -0.05) is 18.9 Å². The summed E-state index contributed by atoms with van der Waals surface area (Å²) in [7, 11) is 1.66. The number of guanidine groups is 1. The van der Waals surface area contributed by atoms with Gasteiger partial charge in [0.2, 0.25) is 0 Å². The highest BCUT2D eigenvalue weighted by Crippen LogP contribution is 2.34. The first-order valence-electron chi connectivity index (χ1n) is 8.30. The second-order valence-corrected chi connectivity index (χ2v) is 6.96. The maximum atomic E-state index is 12.4. The second kappa shape index (κ2) is 6.18. The Morgan fingerprint density at radius 3 is 2.96 bits per heavy atom. The average molecular weight is 315 g/mol. The maximum absolute atomic E-state index is 12.4. The third-order valence-electron chi connectivity index (χ3n) is 5.00. The van der Waals surface area contributed by atoms with Crippen molar-refractivity contribution in [3.8, 4) is 0 Å². The molecule has 0 bridgehead atoms. The van der Waals surface area contributed by atoms with Crippen molar-refractivity contribution in [2.45, 2.75) is 50.6 Å². The largest absolute Gasteiger partial charge is 0.367 e. The zero-order chi connectivity index (χ0) is 16.4. The minimum absolute atomic E-state index is 0.00214. The van der Waals surface area contributed by atoms with E-state index in [-0.39, 0.29) is 11.9 Å². The summed E-state index contributed by atoms with van der Waals surface area (Å²) in [6.45, 7) is 1.92. The number of aromatic nitrogens is 1. The number of carbonyl (C=O) groups excluding carboxylic acids is 1. The number of hydrogen-bond donors (Lipinski definition) is 3. The SMILES string of the molecule is CN1C(=N)N[C@](C)(C[C@H]2CCC[C@@H](Nc3ccccn3)C2)C1=O. The maximum Gasteiger partial charge on any atom is 0.254 e. The van der Waals surface area contributed by atoms with E-state index in [1.165, 1.54) is 4.90 Å². The van der Waals surface area contributed by atoms with Crippen LogP contribution in [0.25, 0.3) is 0 Å². The fraction of sp³-hybridized carbons (Fsp3) is 0.588. The van der Waals surface area contributed by atoms with Crippen LogP contribution in [-0.4, -0.2) is 40.4 Å². The smallest absolute Gasteiger partial charge is 0.254 e. The summed E-state index contributed by atoms with van der Waals surface area (Å²) in [6.07, 6.45) is 7.05. The van der Waals surface area contributed by atoms with Crippen LogP contribution >= 0.6 is 0 Å². The lowest BCUT2D eigenvalue weighted by molar-refractivity contribution is -0.130. The van der Waals surface area contributed by atoms with Crippen LogP contribution in [0.5, 0.6) is 0 Å². The van der Waals surface area contributed by atoms with Crippen LogP contribution in [0.4, 0.5) is 5.82 Å². The van der Waals surface area contributed by atoms with E-state index in [1.54, 1.807) is 13.2 Å². The molecule has 0 aromatic carbocycles. The number of anilines is 1. The molecule has 0 unspecified atom stereocenters. The van der Waals surface area contributed by atoms with Gasteiger partial charge in [-0.2, -0.15) is 0 Å². The van der Waals surface area contributed by atoms with Gasteiger partial charge in [0, 0.05) is 19.3 Å². The minimum Gasteiger partial charge on any atom is -0.367 e. The Morgan fingerprint density at radius 1 is 1.48 bits per heavy atom. The molecule has 1 amide bonds. The van der Waals surface area contributed by atoms with Gasteiger partial charge < -0.3 is 10.6 Å². The van der Waals surface area contributed by atoms with E-state index in [9.17, 15) is 4.79 Å². The van der Waals surface area contributed by atoms with Crippen molar-refractivity contribution < 1.29 is 4.79 Å². The molecular formula is C17H25N5O. The Kier molecular flexibility index (Phi) is 4.24. The second-order valence-electron chi connectivity index (χ2n) is 6.96. The lowest BCUT2D eigenvalue weighted by Gasteiger charge is -2.34. The summed E-state index contributed by atoms with van der Waals surface area (Å²) in [5.74, 6) is 1.60.